The first kappa shape index (κ1) is 30.5. The molecule has 230 valence electrons. The summed E-state index contributed by atoms with van der Waals surface area (Å²) in [5.74, 6) is -1.49. The summed E-state index contributed by atoms with van der Waals surface area (Å²) in [6.45, 7) is 0. The van der Waals surface area contributed by atoms with Gasteiger partial charge in [0, 0.05) is 28.2 Å². The van der Waals surface area contributed by atoms with Gasteiger partial charge in [0.2, 0.25) is 11.2 Å². The van der Waals surface area contributed by atoms with Gasteiger partial charge >= 0.3 is 5.97 Å². The Balaban J connectivity index is 1.27. The van der Waals surface area contributed by atoms with E-state index in [1.165, 1.54) is 28.4 Å². The van der Waals surface area contributed by atoms with E-state index >= 15 is 0 Å². The molecule has 0 saturated carbocycles. The SMILES string of the molecule is Nc1nc(C(N=O)C(=O)N[C@@H]2C(=O)N3C(C(=O)OC(c4ccccc4)c4ccccc4)=C(SCc4cn[nH]c4)CS[C@@H]23)c(F)s1. The van der Waals surface area contributed by atoms with Crippen molar-refractivity contribution in [2.75, 3.05) is 11.5 Å². The van der Waals surface area contributed by atoms with Crippen molar-refractivity contribution in [2.24, 2.45) is 5.18 Å². The van der Waals surface area contributed by atoms with Crippen molar-refractivity contribution in [1.29, 1.82) is 0 Å². The Morgan fingerprint density at radius 2 is 1.87 bits per heavy atom. The number of hydrogen-bond acceptors (Lipinski definition) is 12. The molecule has 0 bridgehead atoms. The topological polar surface area (TPSA) is 173 Å². The molecule has 3 atom stereocenters. The second-order valence-electron chi connectivity index (χ2n) is 9.89. The molecule has 6 rings (SSSR count). The number of thioether (sulfide) groups is 2. The van der Waals surface area contributed by atoms with E-state index in [0.29, 0.717) is 27.7 Å². The number of carbonyl (C=O) groups is 3. The first-order valence-electron chi connectivity index (χ1n) is 13.5. The van der Waals surface area contributed by atoms with Crippen LogP contribution in [0, 0.1) is 10.0 Å². The van der Waals surface area contributed by atoms with Crippen LogP contribution in [0.4, 0.5) is 9.52 Å². The van der Waals surface area contributed by atoms with Crippen molar-refractivity contribution in [3.63, 3.8) is 0 Å². The molecule has 2 amide bonds. The first-order chi connectivity index (χ1) is 21.9. The van der Waals surface area contributed by atoms with E-state index in [1.807, 2.05) is 60.7 Å². The average Bonchev–Trinajstić information content (AvgIpc) is 3.70. The fourth-order valence-electron chi connectivity index (χ4n) is 4.92. The molecule has 4 aromatic rings. The summed E-state index contributed by atoms with van der Waals surface area (Å²) in [4.78, 5) is 57.8. The van der Waals surface area contributed by atoms with Crippen molar-refractivity contribution in [1.82, 2.24) is 25.4 Å². The Labute approximate surface area is 268 Å². The van der Waals surface area contributed by atoms with Crippen LogP contribution in [0.25, 0.3) is 0 Å². The molecule has 2 aliphatic rings. The number of thiazole rings is 1. The third-order valence-corrected chi connectivity index (χ3v) is 10.4. The average molecular weight is 666 g/mol. The number of rotatable bonds is 11. The second kappa shape index (κ2) is 13.2. The van der Waals surface area contributed by atoms with Crippen LogP contribution in [0.5, 0.6) is 0 Å². The molecule has 16 heteroatoms. The zero-order valence-corrected chi connectivity index (χ0v) is 25.6. The molecule has 1 unspecified atom stereocenters. The summed E-state index contributed by atoms with van der Waals surface area (Å²) < 4.78 is 20.4. The van der Waals surface area contributed by atoms with Gasteiger partial charge in [-0.15, -0.1) is 28.4 Å². The Morgan fingerprint density at radius 1 is 1.18 bits per heavy atom. The molecule has 1 saturated heterocycles. The van der Waals surface area contributed by atoms with E-state index in [2.05, 4.69) is 25.7 Å². The van der Waals surface area contributed by atoms with Crippen LogP contribution >= 0.6 is 34.9 Å². The van der Waals surface area contributed by atoms with Crippen molar-refractivity contribution in [3.8, 4) is 0 Å². The quantitative estimate of drug-likeness (QED) is 0.119. The minimum atomic E-state index is -1.84. The number of aromatic amines is 1. The molecule has 4 heterocycles. The number of nitrogen functional groups attached to an aromatic ring is 1. The number of aromatic nitrogens is 3. The lowest BCUT2D eigenvalue weighted by Gasteiger charge is -2.49. The summed E-state index contributed by atoms with van der Waals surface area (Å²) in [5, 5.41) is 10.2. The van der Waals surface area contributed by atoms with Crippen molar-refractivity contribution < 1.29 is 23.5 Å². The molecular formula is C29H24FN7O5S3. The highest BCUT2D eigenvalue weighted by Crippen LogP contribution is 2.45. The van der Waals surface area contributed by atoms with Crippen LogP contribution in [0.3, 0.4) is 0 Å². The number of nitrogens with zero attached hydrogens (tertiary/aromatic N) is 4. The molecule has 12 nitrogen and oxygen atoms in total. The Hall–Kier alpha value is -4.54. The molecule has 2 aliphatic heterocycles. The van der Waals surface area contributed by atoms with Gasteiger partial charge in [0.15, 0.2) is 11.2 Å². The Bertz CT molecular complexity index is 1710. The molecule has 0 aliphatic carbocycles. The number of anilines is 1. The summed E-state index contributed by atoms with van der Waals surface area (Å²) in [6, 6.07) is 15.6. The molecule has 0 spiro atoms. The molecular weight excluding hydrogens is 642 g/mol. The van der Waals surface area contributed by atoms with E-state index < -0.39 is 52.2 Å². The van der Waals surface area contributed by atoms with E-state index in [4.69, 9.17) is 10.5 Å². The summed E-state index contributed by atoms with van der Waals surface area (Å²) >= 11 is 3.18. The van der Waals surface area contributed by atoms with Gasteiger partial charge in [-0.25, -0.2) is 9.78 Å². The third-order valence-electron chi connectivity index (χ3n) is 7.06. The zero-order chi connectivity index (χ0) is 31.5. The largest absolute Gasteiger partial charge is 0.448 e. The lowest BCUT2D eigenvalue weighted by Crippen LogP contribution is -2.70. The van der Waals surface area contributed by atoms with Crippen molar-refractivity contribution in [2.45, 2.75) is 29.3 Å². The van der Waals surface area contributed by atoms with E-state index in [0.717, 1.165) is 16.7 Å². The highest BCUT2D eigenvalue weighted by Gasteiger charge is 2.55. The number of fused-ring (bicyclic) bond motifs is 1. The van der Waals surface area contributed by atoms with Gasteiger partial charge < -0.3 is 15.8 Å². The highest BCUT2D eigenvalue weighted by molar-refractivity contribution is 8.05. The number of halogens is 1. The number of carbonyl (C=O) groups excluding carboxylic acids is 3. The predicted octanol–water partition coefficient (Wildman–Crippen LogP) is 4.27. The lowest BCUT2D eigenvalue weighted by atomic mass is 10.0. The van der Waals surface area contributed by atoms with E-state index in [9.17, 15) is 23.7 Å². The summed E-state index contributed by atoms with van der Waals surface area (Å²) in [6.07, 6.45) is 2.65. The van der Waals surface area contributed by atoms with Crippen LogP contribution in [0.1, 0.15) is 34.5 Å². The molecule has 2 aromatic carbocycles. The third kappa shape index (κ3) is 6.21. The Kier molecular flexibility index (Phi) is 8.95. The molecule has 4 N–H and O–H groups in total. The van der Waals surface area contributed by atoms with E-state index in [-0.39, 0.29) is 10.8 Å². The number of β-lactam (4-membered cyclic amide) rings is 1. The fourth-order valence-corrected chi connectivity index (χ4v) is 8.06. The van der Waals surface area contributed by atoms with Gasteiger partial charge in [-0.3, -0.25) is 19.6 Å². The second-order valence-corrected chi connectivity index (χ2v) is 13.0. The monoisotopic (exact) mass is 665 g/mol. The molecule has 2 aromatic heterocycles. The van der Waals surface area contributed by atoms with Crippen molar-refractivity contribution in [3.05, 3.63) is 116 Å². The number of nitrogens with two attached hydrogens (primary N) is 1. The number of benzene rings is 2. The minimum absolute atomic E-state index is 0.0722. The van der Waals surface area contributed by atoms with Gasteiger partial charge in [0.05, 0.1) is 6.20 Å². The molecule has 0 radical (unpaired) electrons. The van der Waals surface area contributed by atoms with Gasteiger partial charge in [0.1, 0.15) is 22.8 Å². The van der Waals surface area contributed by atoms with Crippen LogP contribution in [0.15, 0.2) is 88.8 Å². The van der Waals surface area contributed by atoms with Crippen molar-refractivity contribution >= 4 is 57.8 Å². The van der Waals surface area contributed by atoms with Gasteiger partial charge in [0.25, 0.3) is 11.8 Å². The number of amides is 2. The molecule has 1 fully saturated rings. The number of ether oxygens (including phenoxy) is 1. The number of H-pyrrole nitrogens is 1. The predicted molar refractivity (Wildman–Crippen MR) is 168 cm³/mol. The molecule has 45 heavy (non-hydrogen) atoms. The number of hydrogen-bond donors (Lipinski definition) is 3. The fraction of sp³-hybridized carbons (Fsp3) is 0.207. The van der Waals surface area contributed by atoms with Crippen LogP contribution in [0.2, 0.25) is 0 Å². The number of nitrogens with one attached hydrogen (secondary N) is 2. The number of esters is 1. The minimum Gasteiger partial charge on any atom is -0.448 e. The smallest absolute Gasteiger partial charge is 0.356 e. The normalized spacial score (nSPS) is 18.3. The van der Waals surface area contributed by atoms with Crippen LogP contribution in [-0.4, -0.2) is 55.0 Å². The summed E-state index contributed by atoms with van der Waals surface area (Å²) in [7, 11) is 0. The lowest BCUT2D eigenvalue weighted by molar-refractivity contribution is -0.154. The van der Waals surface area contributed by atoms with Gasteiger partial charge in [-0.1, -0.05) is 72.0 Å². The maximum atomic E-state index is 14.2. The Morgan fingerprint density at radius 3 is 2.44 bits per heavy atom. The van der Waals surface area contributed by atoms with E-state index in [1.54, 1.807) is 12.4 Å². The maximum Gasteiger partial charge on any atom is 0.356 e. The first-order valence-corrected chi connectivity index (χ1v) is 16.3. The van der Waals surface area contributed by atoms with Crippen LogP contribution in [-0.2, 0) is 24.9 Å². The summed E-state index contributed by atoms with van der Waals surface area (Å²) in [5.41, 5.74) is 7.45. The zero-order valence-electron chi connectivity index (χ0n) is 23.2. The van der Waals surface area contributed by atoms with Crippen LogP contribution < -0.4 is 11.1 Å². The standard InChI is InChI=1S/C29H24FN7O5S3/c30-24-19(35-29(31)45-24)20(36-41)25(38)34-21-26(39)37-22(18(14-44-27(21)37)43-13-15-11-32-33-12-15)28(40)42-23(16-7-3-1-4-8-16)17-9-5-2-6-10-17/h1-12,20-21,23,27H,13-14H2,(H2,31,35)(H,32,33)(H,34,38)/t20?,21-,27+/m1/s1. The van der Waals surface area contributed by atoms with Gasteiger partial charge in [-0.2, -0.15) is 9.49 Å². The maximum absolute atomic E-state index is 14.2. The highest BCUT2D eigenvalue weighted by atomic mass is 32.2. The number of nitroso groups, excluding NO2 is 1. The van der Waals surface area contributed by atoms with Gasteiger partial charge in [-0.05, 0) is 16.3 Å².